The van der Waals surface area contributed by atoms with E-state index >= 15 is 0 Å². The van der Waals surface area contributed by atoms with Crippen LogP contribution in [0.2, 0.25) is 5.02 Å². The topological polar surface area (TPSA) is 89.5 Å². The highest BCUT2D eigenvalue weighted by Gasteiger charge is 2.17. The molecule has 0 radical (unpaired) electrons. The van der Waals surface area contributed by atoms with E-state index in [0.717, 1.165) is 5.56 Å². The summed E-state index contributed by atoms with van der Waals surface area (Å²) in [6.07, 6.45) is 0.142. The lowest BCUT2D eigenvalue weighted by Crippen LogP contribution is -2.24. The van der Waals surface area contributed by atoms with Gasteiger partial charge < -0.3 is 5.11 Å². The van der Waals surface area contributed by atoms with Gasteiger partial charge in [-0.3, -0.25) is 18.6 Å². The molecule has 4 rings (SSSR count). The number of para-hydroxylation sites is 1. The third-order valence-corrected chi connectivity index (χ3v) is 4.79. The van der Waals surface area contributed by atoms with E-state index in [-0.39, 0.29) is 24.9 Å². The molecule has 0 saturated heterocycles. The maximum absolute atomic E-state index is 13.1. The van der Waals surface area contributed by atoms with Gasteiger partial charge in [-0.1, -0.05) is 41.9 Å². The molecule has 27 heavy (non-hydrogen) atoms. The van der Waals surface area contributed by atoms with Crippen molar-refractivity contribution < 1.29 is 9.90 Å². The first kappa shape index (κ1) is 17.2. The number of nitrogens with zero attached hydrogens (tertiary/aromatic N) is 4. The first-order valence-electron chi connectivity index (χ1n) is 8.37. The summed E-state index contributed by atoms with van der Waals surface area (Å²) in [5, 5.41) is 18.4. The number of hydrogen-bond acceptors (Lipinski definition) is 4. The summed E-state index contributed by atoms with van der Waals surface area (Å²) < 4.78 is 3.26. The van der Waals surface area contributed by atoms with Gasteiger partial charge in [-0.15, -0.1) is 10.2 Å². The van der Waals surface area contributed by atoms with Gasteiger partial charge in [0.2, 0.25) is 5.78 Å². The largest absolute Gasteiger partial charge is 0.481 e. The number of fused-ring (bicyclic) bond motifs is 3. The molecule has 0 aliphatic heterocycles. The van der Waals surface area contributed by atoms with Crippen LogP contribution >= 0.6 is 11.6 Å². The van der Waals surface area contributed by atoms with Crippen molar-refractivity contribution in [3.8, 4) is 0 Å². The zero-order valence-corrected chi connectivity index (χ0v) is 14.9. The number of aryl methyl sites for hydroxylation is 1. The van der Waals surface area contributed by atoms with Gasteiger partial charge in [0.25, 0.3) is 5.56 Å². The molecule has 1 N–H and O–H groups in total. The Morgan fingerprint density at radius 3 is 2.59 bits per heavy atom. The van der Waals surface area contributed by atoms with E-state index in [1.807, 2.05) is 24.3 Å². The average Bonchev–Trinajstić information content (AvgIpc) is 3.09. The highest BCUT2D eigenvalue weighted by atomic mass is 35.5. The van der Waals surface area contributed by atoms with Crippen LogP contribution in [-0.2, 0) is 17.8 Å². The number of rotatable bonds is 5. The Hall–Kier alpha value is -3.19. The van der Waals surface area contributed by atoms with Crippen LogP contribution in [0.3, 0.4) is 0 Å². The van der Waals surface area contributed by atoms with Gasteiger partial charge >= 0.3 is 5.97 Å². The number of carboxylic acids is 1. The summed E-state index contributed by atoms with van der Waals surface area (Å²) >= 11 is 6.26. The Morgan fingerprint density at radius 2 is 1.81 bits per heavy atom. The minimum Gasteiger partial charge on any atom is -0.481 e. The molecular weight excluding hydrogens is 368 g/mol. The standard InChI is InChI=1S/C19H15ClN4O3/c20-14-7-3-1-5-12(14)11-23-18(27)13-6-2-4-8-15(13)24-16(9-10-17(25)26)21-22-19(23)24/h1-8H,9-11H2,(H,25,26). The minimum absolute atomic E-state index is 0.0707. The van der Waals surface area contributed by atoms with Gasteiger partial charge in [0.15, 0.2) is 0 Å². The molecule has 0 fully saturated rings. The van der Waals surface area contributed by atoms with Crippen LogP contribution < -0.4 is 5.56 Å². The number of halogens is 1. The Morgan fingerprint density at radius 1 is 1.07 bits per heavy atom. The second-order valence-electron chi connectivity index (χ2n) is 6.15. The van der Waals surface area contributed by atoms with E-state index in [4.69, 9.17) is 16.7 Å². The molecule has 0 amide bonds. The van der Waals surface area contributed by atoms with Gasteiger partial charge in [-0.05, 0) is 23.8 Å². The van der Waals surface area contributed by atoms with E-state index in [9.17, 15) is 9.59 Å². The molecule has 136 valence electrons. The van der Waals surface area contributed by atoms with Crippen LogP contribution in [0.5, 0.6) is 0 Å². The first-order chi connectivity index (χ1) is 13.1. The van der Waals surface area contributed by atoms with Crippen molar-refractivity contribution in [2.24, 2.45) is 0 Å². The number of carboxylic acid groups (broad SMARTS) is 1. The van der Waals surface area contributed by atoms with E-state index in [0.29, 0.717) is 27.5 Å². The van der Waals surface area contributed by atoms with Gasteiger partial charge in [0.1, 0.15) is 5.82 Å². The lowest BCUT2D eigenvalue weighted by Gasteiger charge is -2.12. The molecule has 0 atom stereocenters. The molecule has 0 bridgehead atoms. The summed E-state index contributed by atoms with van der Waals surface area (Å²) in [6, 6.07) is 14.4. The number of aromatic nitrogens is 4. The lowest BCUT2D eigenvalue weighted by molar-refractivity contribution is -0.137. The predicted octanol–water partition coefficient (Wildman–Crippen LogP) is 2.76. The first-order valence-corrected chi connectivity index (χ1v) is 8.75. The maximum Gasteiger partial charge on any atom is 0.303 e. The van der Waals surface area contributed by atoms with E-state index < -0.39 is 5.97 Å². The summed E-state index contributed by atoms with van der Waals surface area (Å²) in [5.74, 6) is -0.0593. The number of carbonyl (C=O) groups is 1. The van der Waals surface area contributed by atoms with E-state index in [1.54, 1.807) is 28.7 Å². The SMILES string of the molecule is O=C(O)CCc1nnc2n(Cc3ccccc3Cl)c(=O)c3ccccc3n12. The van der Waals surface area contributed by atoms with Crippen molar-refractivity contribution in [2.75, 3.05) is 0 Å². The molecule has 0 aliphatic rings. The molecule has 0 saturated carbocycles. The molecule has 2 heterocycles. The van der Waals surface area contributed by atoms with Gasteiger partial charge in [0.05, 0.1) is 23.9 Å². The summed E-state index contributed by atoms with van der Waals surface area (Å²) in [4.78, 5) is 24.0. The molecular formula is C19H15ClN4O3. The van der Waals surface area contributed by atoms with Crippen LogP contribution in [0, 0.1) is 0 Å². The molecule has 4 aromatic rings. The summed E-state index contributed by atoms with van der Waals surface area (Å²) in [6.45, 7) is 0.240. The quantitative estimate of drug-likeness (QED) is 0.573. The van der Waals surface area contributed by atoms with E-state index in [1.165, 1.54) is 4.57 Å². The highest BCUT2D eigenvalue weighted by molar-refractivity contribution is 6.31. The molecule has 8 heteroatoms. The summed E-state index contributed by atoms with van der Waals surface area (Å²) in [7, 11) is 0. The van der Waals surface area contributed by atoms with Crippen LogP contribution in [-0.4, -0.2) is 30.2 Å². The lowest BCUT2D eigenvalue weighted by atomic mass is 10.2. The average molecular weight is 383 g/mol. The van der Waals surface area contributed by atoms with Crippen molar-refractivity contribution in [3.05, 3.63) is 75.3 Å². The van der Waals surface area contributed by atoms with Crippen LogP contribution in [0.1, 0.15) is 17.8 Å². The fraction of sp³-hybridized carbons (Fsp3) is 0.158. The molecule has 7 nitrogen and oxygen atoms in total. The Bertz CT molecular complexity index is 1230. The smallest absolute Gasteiger partial charge is 0.303 e. The van der Waals surface area contributed by atoms with Crippen molar-refractivity contribution in [3.63, 3.8) is 0 Å². The van der Waals surface area contributed by atoms with E-state index in [2.05, 4.69) is 10.2 Å². The highest BCUT2D eigenvalue weighted by Crippen LogP contribution is 2.19. The second-order valence-corrected chi connectivity index (χ2v) is 6.55. The normalized spacial score (nSPS) is 11.3. The minimum atomic E-state index is -0.916. The zero-order valence-electron chi connectivity index (χ0n) is 14.2. The monoisotopic (exact) mass is 382 g/mol. The molecule has 0 aliphatic carbocycles. The number of aliphatic carboxylic acids is 1. The van der Waals surface area contributed by atoms with Crippen LogP contribution in [0.25, 0.3) is 16.7 Å². The molecule has 0 spiro atoms. The van der Waals surface area contributed by atoms with Crippen LogP contribution in [0.4, 0.5) is 0 Å². The maximum atomic E-state index is 13.1. The third-order valence-electron chi connectivity index (χ3n) is 4.42. The molecule has 0 unspecified atom stereocenters. The van der Waals surface area contributed by atoms with Gasteiger partial charge in [-0.25, -0.2) is 0 Å². The van der Waals surface area contributed by atoms with Crippen LogP contribution in [0.15, 0.2) is 53.3 Å². The summed E-state index contributed by atoms with van der Waals surface area (Å²) in [5.41, 5.74) is 1.24. The van der Waals surface area contributed by atoms with Gasteiger partial charge in [-0.2, -0.15) is 0 Å². The van der Waals surface area contributed by atoms with Crippen molar-refractivity contribution in [1.29, 1.82) is 0 Å². The number of hydrogen-bond donors (Lipinski definition) is 1. The Balaban J connectivity index is 1.97. The fourth-order valence-electron chi connectivity index (χ4n) is 3.13. The predicted molar refractivity (Wildman–Crippen MR) is 101 cm³/mol. The third kappa shape index (κ3) is 3.06. The second kappa shape index (κ2) is 6.85. The molecule has 2 aromatic carbocycles. The number of benzene rings is 2. The zero-order chi connectivity index (χ0) is 19.0. The van der Waals surface area contributed by atoms with Gasteiger partial charge in [0, 0.05) is 11.4 Å². The van der Waals surface area contributed by atoms with Crippen molar-refractivity contribution in [2.45, 2.75) is 19.4 Å². The van der Waals surface area contributed by atoms with Crippen molar-refractivity contribution >= 4 is 34.3 Å². The molecule has 2 aromatic heterocycles. The fourth-order valence-corrected chi connectivity index (χ4v) is 3.33. The Kier molecular flexibility index (Phi) is 4.37. The van der Waals surface area contributed by atoms with Crippen molar-refractivity contribution in [1.82, 2.24) is 19.2 Å². The Labute approximate surface area is 158 Å².